The Morgan fingerprint density at radius 2 is 1.74 bits per heavy atom. The number of hydrogen-bond donors (Lipinski definition) is 1. The molecule has 1 atom stereocenters. The average molecular weight is 263 g/mol. The topological polar surface area (TPSA) is 64.9 Å². The third-order valence-corrected chi connectivity index (χ3v) is 4.59. The van der Waals surface area contributed by atoms with Crippen LogP contribution >= 0.6 is 0 Å². The Hall–Kier alpha value is -0.900. The first-order valence-electron chi connectivity index (χ1n) is 7.91. The molecule has 0 saturated heterocycles. The van der Waals surface area contributed by atoms with E-state index in [0.717, 1.165) is 18.1 Å². The lowest BCUT2D eigenvalue weighted by atomic mass is 9.91. The van der Waals surface area contributed by atoms with Crippen LogP contribution in [-0.2, 0) is 6.42 Å². The van der Waals surface area contributed by atoms with Gasteiger partial charge >= 0.3 is 0 Å². The fourth-order valence-electron chi connectivity index (χ4n) is 3.12. The van der Waals surface area contributed by atoms with Gasteiger partial charge in [0.05, 0.1) is 0 Å². The number of rotatable bonds is 4. The molecule has 1 unspecified atom stereocenters. The van der Waals surface area contributed by atoms with Crippen LogP contribution in [-0.4, -0.2) is 16.2 Å². The molecular weight excluding hydrogens is 238 g/mol. The van der Waals surface area contributed by atoms with Gasteiger partial charge in [-0.1, -0.05) is 37.3 Å². The Bertz CT molecular complexity index is 392. The normalized spacial score (nSPS) is 23.8. The molecule has 0 amide bonds. The van der Waals surface area contributed by atoms with Crippen molar-refractivity contribution >= 4 is 0 Å². The van der Waals surface area contributed by atoms with E-state index >= 15 is 0 Å². The minimum Gasteiger partial charge on any atom is -0.339 e. The second-order valence-corrected chi connectivity index (χ2v) is 6.29. The van der Waals surface area contributed by atoms with Crippen LogP contribution in [0.25, 0.3) is 0 Å². The van der Waals surface area contributed by atoms with Gasteiger partial charge in [-0.05, 0) is 31.6 Å². The number of aromatic nitrogens is 2. The highest BCUT2D eigenvalue weighted by Crippen LogP contribution is 2.33. The van der Waals surface area contributed by atoms with E-state index < -0.39 is 0 Å². The van der Waals surface area contributed by atoms with Crippen molar-refractivity contribution in [3.63, 3.8) is 0 Å². The van der Waals surface area contributed by atoms with Gasteiger partial charge in [0.25, 0.3) is 0 Å². The van der Waals surface area contributed by atoms with Gasteiger partial charge < -0.3 is 10.3 Å². The van der Waals surface area contributed by atoms with Crippen LogP contribution in [0, 0.1) is 5.92 Å². The average Bonchev–Trinajstić information content (AvgIpc) is 3.11. The minimum atomic E-state index is 0.214. The first-order valence-corrected chi connectivity index (χ1v) is 7.91. The monoisotopic (exact) mass is 263 g/mol. The van der Waals surface area contributed by atoms with Crippen molar-refractivity contribution in [2.45, 2.75) is 76.2 Å². The molecule has 19 heavy (non-hydrogen) atoms. The summed E-state index contributed by atoms with van der Waals surface area (Å²) in [6.45, 7) is 0. The largest absolute Gasteiger partial charge is 0.339 e. The molecule has 2 aliphatic rings. The number of nitrogens with two attached hydrogens (primary N) is 1. The lowest BCUT2D eigenvalue weighted by Gasteiger charge is -2.15. The molecule has 0 radical (unpaired) electrons. The van der Waals surface area contributed by atoms with Crippen molar-refractivity contribution in [3.8, 4) is 0 Å². The van der Waals surface area contributed by atoms with Gasteiger partial charge in [-0.2, -0.15) is 4.98 Å². The van der Waals surface area contributed by atoms with Gasteiger partial charge in [-0.25, -0.2) is 0 Å². The molecular formula is C15H25N3O. The molecule has 0 spiro atoms. The Kier molecular flexibility index (Phi) is 4.16. The lowest BCUT2D eigenvalue weighted by Crippen LogP contribution is -2.25. The van der Waals surface area contributed by atoms with Crippen LogP contribution in [0.3, 0.4) is 0 Å². The van der Waals surface area contributed by atoms with Crippen LogP contribution < -0.4 is 5.73 Å². The number of hydrogen-bond acceptors (Lipinski definition) is 4. The third-order valence-electron chi connectivity index (χ3n) is 4.59. The van der Waals surface area contributed by atoms with Crippen LogP contribution in [0.2, 0.25) is 0 Å². The summed E-state index contributed by atoms with van der Waals surface area (Å²) in [6.07, 6.45) is 12.4. The molecule has 3 rings (SSSR count). The Balaban J connectivity index is 1.58. The predicted octanol–water partition coefficient (Wildman–Crippen LogP) is 3.18. The van der Waals surface area contributed by atoms with Crippen molar-refractivity contribution in [3.05, 3.63) is 11.7 Å². The second-order valence-electron chi connectivity index (χ2n) is 6.29. The summed E-state index contributed by atoms with van der Waals surface area (Å²) < 4.78 is 5.40. The highest BCUT2D eigenvalue weighted by Gasteiger charge is 2.30. The van der Waals surface area contributed by atoms with Gasteiger partial charge in [0.2, 0.25) is 5.89 Å². The van der Waals surface area contributed by atoms with Gasteiger partial charge in [0.1, 0.15) is 0 Å². The zero-order valence-electron chi connectivity index (χ0n) is 11.7. The fraction of sp³-hybridized carbons (Fsp3) is 0.867. The summed E-state index contributed by atoms with van der Waals surface area (Å²) in [5.41, 5.74) is 6.12. The maximum Gasteiger partial charge on any atom is 0.228 e. The SMILES string of the molecule is NC(Cc1nc(C2CCCCCCC2)no1)C1CC1. The fourth-order valence-corrected chi connectivity index (χ4v) is 3.12. The second kappa shape index (κ2) is 6.04. The van der Waals surface area contributed by atoms with E-state index in [0.29, 0.717) is 11.8 Å². The summed E-state index contributed by atoms with van der Waals surface area (Å²) in [4.78, 5) is 4.60. The Morgan fingerprint density at radius 1 is 1.05 bits per heavy atom. The van der Waals surface area contributed by atoms with E-state index in [2.05, 4.69) is 10.1 Å². The quantitative estimate of drug-likeness (QED) is 0.906. The van der Waals surface area contributed by atoms with Crippen molar-refractivity contribution in [2.24, 2.45) is 11.7 Å². The molecule has 2 saturated carbocycles. The smallest absolute Gasteiger partial charge is 0.228 e. The first kappa shape index (κ1) is 13.1. The van der Waals surface area contributed by atoms with Crippen LogP contribution in [0.5, 0.6) is 0 Å². The van der Waals surface area contributed by atoms with Crippen LogP contribution in [0.1, 0.15) is 75.4 Å². The molecule has 106 valence electrons. The molecule has 1 aromatic heterocycles. The maximum absolute atomic E-state index is 6.12. The van der Waals surface area contributed by atoms with E-state index in [4.69, 9.17) is 10.3 Å². The van der Waals surface area contributed by atoms with E-state index in [-0.39, 0.29) is 6.04 Å². The molecule has 0 aromatic carbocycles. The molecule has 0 bridgehead atoms. The van der Waals surface area contributed by atoms with E-state index in [1.165, 1.54) is 57.8 Å². The maximum atomic E-state index is 6.12. The summed E-state index contributed by atoms with van der Waals surface area (Å²) in [5, 5.41) is 4.20. The van der Waals surface area contributed by atoms with Crippen molar-refractivity contribution in [2.75, 3.05) is 0 Å². The molecule has 0 aliphatic heterocycles. The van der Waals surface area contributed by atoms with Crippen molar-refractivity contribution in [1.82, 2.24) is 10.1 Å². The number of nitrogens with zero attached hydrogens (tertiary/aromatic N) is 2. The molecule has 1 heterocycles. The summed E-state index contributed by atoms with van der Waals surface area (Å²) in [5.74, 6) is 2.88. The van der Waals surface area contributed by atoms with Gasteiger partial charge in [-0.15, -0.1) is 0 Å². The molecule has 2 N–H and O–H groups in total. The van der Waals surface area contributed by atoms with E-state index in [9.17, 15) is 0 Å². The summed E-state index contributed by atoms with van der Waals surface area (Å²) in [7, 11) is 0. The highest BCUT2D eigenvalue weighted by molar-refractivity contribution is 4.98. The molecule has 2 aliphatic carbocycles. The minimum absolute atomic E-state index is 0.214. The van der Waals surface area contributed by atoms with Crippen LogP contribution in [0.4, 0.5) is 0 Å². The summed E-state index contributed by atoms with van der Waals surface area (Å²) in [6, 6.07) is 0.214. The Labute approximate surface area is 115 Å². The van der Waals surface area contributed by atoms with Gasteiger partial charge in [0, 0.05) is 18.4 Å². The van der Waals surface area contributed by atoms with Gasteiger partial charge in [0.15, 0.2) is 5.82 Å². The van der Waals surface area contributed by atoms with E-state index in [1.807, 2.05) is 0 Å². The third kappa shape index (κ3) is 3.56. The first-order chi connectivity index (χ1) is 9.33. The lowest BCUT2D eigenvalue weighted by molar-refractivity contribution is 0.350. The zero-order chi connectivity index (χ0) is 13.1. The standard InChI is InChI=1S/C15H25N3O/c16-13(11-8-9-11)10-14-17-15(18-19-14)12-6-4-2-1-3-5-7-12/h11-13H,1-10,16H2. The highest BCUT2D eigenvalue weighted by atomic mass is 16.5. The van der Waals surface area contributed by atoms with Crippen molar-refractivity contribution < 1.29 is 4.52 Å². The van der Waals surface area contributed by atoms with Crippen LogP contribution in [0.15, 0.2) is 4.52 Å². The predicted molar refractivity (Wildman–Crippen MR) is 73.8 cm³/mol. The summed E-state index contributed by atoms with van der Waals surface area (Å²) >= 11 is 0. The molecule has 1 aromatic rings. The molecule has 2 fully saturated rings. The Morgan fingerprint density at radius 3 is 2.42 bits per heavy atom. The molecule has 4 heteroatoms. The van der Waals surface area contributed by atoms with E-state index in [1.54, 1.807) is 0 Å². The molecule has 4 nitrogen and oxygen atoms in total. The zero-order valence-corrected chi connectivity index (χ0v) is 11.7. The van der Waals surface area contributed by atoms with Crippen molar-refractivity contribution in [1.29, 1.82) is 0 Å². The van der Waals surface area contributed by atoms with Gasteiger partial charge in [-0.3, -0.25) is 0 Å².